The third kappa shape index (κ3) is 2.44. The summed E-state index contributed by atoms with van der Waals surface area (Å²) >= 11 is 1.45. The Morgan fingerprint density at radius 3 is 2.05 bits per heavy atom. The second kappa shape index (κ2) is 5.36. The van der Waals surface area contributed by atoms with Crippen LogP contribution < -0.4 is 19.9 Å². The maximum absolute atomic E-state index is 5.99. The summed E-state index contributed by atoms with van der Waals surface area (Å²) in [5, 5.41) is 1.56. The first-order chi connectivity index (χ1) is 9.10. The lowest BCUT2D eigenvalue weighted by molar-refractivity contribution is 0.349. The summed E-state index contributed by atoms with van der Waals surface area (Å²) in [5.74, 6) is 1.87. The Morgan fingerprint density at radius 1 is 1.00 bits per heavy atom. The van der Waals surface area contributed by atoms with Crippen LogP contribution in [0.1, 0.15) is 5.01 Å². The Bertz CT molecular complexity index is 596. The van der Waals surface area contributed by atoms with Crippen molar-refractivity contribution in [1.29, 1.82) is 0 Å². The van der Waals surface area contributed by atoms with Crippen LogP contribution >= 0.6 is 11.3 Å². The standard InChI is InChI=1S/C13H16N2O3S/c1-7-15-12(13(14)19-7)8-5-10(17-3)11(18-4)6-9(8)16-2/h5-6H,14H2,1-4H3. The highest BCUT2D eigenvalue weighted by molar-refractivity contribution is 7.16. The van der Waals surface area contributed by atoms with Crippen molar-refractivity contribution in [3.63, 3.8) is 0 Å². The normalized spacial score (nSPS) is 10.3. The number of methoxy groups -OCH3 is 3. The smallest absolute Gasteiger partial charge is 0.164 e. The number of nitrogens with two attached hydrogens (primary N) is 1. The summed E-state index contributed by atoms with van der Waals surface area (Å²) < 4.78 is 15.9. The first-order valence-corrected chi connectivity index (χ1v) is 6.45. The van der Waals surface area contributed by atoms with Crippen molar-refractivity contribution < 1.29 is 14.2 Å². The number of anilines is 1. The van der Waals surface area contributed by atoms with Gasteiger partial charge in [0.2, 0.25) is 0 Å². The highest BCUT2D eigenvalue weighted by atomic mass is 32.1. The molecule has 0 amide bonds. The van der Waals surface area contributed by atoms with Gasteiger partial charge in [0.15, 0.2) is 11.5 Å². The van der Waals surface area contributed by atoms with Crippen molar-refractivity contribution in [3.05, 3.63) is 17.1 Å². The fourth-order valence-electron chi connectivity index (χ4n) is 1.85. The lowest BCUT2D eigenvalue weighted by atomic mass is 10.1. The van der Waals surface area contributed by atoms with Gasteiger partial charge in [-0.25, -0.2) is 4.98 Å². The Balaban J connectivity index is 2.64. The number of benzene rings is 1. The van der Waals surface area contributed by atoms with E-state index in [1.807, 2.05) is 13.0 Å². The van der Waals surface area contributed by atoms with E-state index in [9.17, 15) is 0 Å². The van der Waals surface area contributed by atoms with Crippen LogP contribution in [0.25, 0.3) is 11.3 Å². The number of aromatic nitrogens is 1. The van der Waals surface area contributed by atoms with E-state index in [0.717, 1.165) is 10.6 Å². The second-order valence-corrected chi connectivity index (χ2v) is 5.09. The van der Waals surface area contributed by atoms with Gasteiger partial charge in [0, 0.05) is 11.6 Å². The summed E-state index contributed by atoms with van der Waals surface area (Å²) in [5.41, 5.74) is 7.49. The molecule has 0 aliphatic carbocycles. The van der Waals surface area contributed by atoms with Crippen LogP contribution in [0.3, 0.4) is 0 Å². The molecule has 1 aromatic heterocycles. The molecular weight excluding hydrogens is 264 g/mol. The summed E-state index contributed by atoms with van der Waals surface area (Å²) in [7, 11) is 4.77. The van der Waals surface area contributed by atoms with Crippen LogP contribution in [0.15, 0.2) is 12.1 Å². The quantitative estimate of drug-likeness (QED) is 0.932. The van der Waals surface area contributed by atoms with Gasteiger partial charge in [-0.2, -0.15) is 0 Å². The lowest BCUT2D eigenvalue weighted by Gasteiger charge is -2.13. The molecule has 6 heteroatoms. The maximum Gasteiger partial charge on any atom is 0.164 e. The van der Waals surface area contributed by atoms with Crippen molar-refractivity contribution in [1.82, 2.24) is 4.98 Å². The van der Waals surface area contributed by atoms with Crippen LogP contribution in [-0.4, -0.2) is 26.3 Å². The Morgan fingerprint density at radius 2 is 1.58 bits per heavy atom. The Hall–Kier alpha value is -1.95. The van der Waals surface area contributed by atoms with Crippen molar-refractivity contribution in [2.24, 2.45) is 0 Å². The molecule has 0 fully saturated rings. The van der Waals surface area contributed by atoms with Gasteiger partial charge in [-0.1, -0.05) is 0 Å². The minimum atomic E-state index is 0.605. The molecule has 0 saturated heterocycles. The summed E-state index contributed by atoms with van der Waals surface area (Å²) in [6, 6.07) is 3.59. The van der Waals surface area contributed by atoms with E-state index in [1.54, 1.807) is 27.4 Å². The van der Waals surface area contributed by atoms with Crippen LogP contribution in [0.4, 0.5) is 5.00 Å². The molecule has 0 aliphatic rings. The predicted molar refractivity (Wildman–Crippen MR) is 76.4 cm³/mol. The molecule has 0 bridgehead atoms. The molecule has 2 N–H and O–H groups in total. The number of hydrogen-bond acceptors (Lipinski definition) is 6. The number of nitrogens with zero attached hydrogens (tertiary/aromatic N) is 1. The zero-order chi connectivity index (χ0) is 14.0. The SMILES string of the molecule is COc1cc(OC)c(-c2nc(C)sc2N)cc1OC. The molecule has 0 unspecified atom stereocenters. The highest BCUT2D eigenvalue weighted by Gasteiger charge is 2.17. The van der Waals surface area contributed by atoms with Crippen molar-refractivity contribution in [2.75, 3.05) is 27.1 Å². The minimum absolute atomic E-state index is 0.605. The van der Waals surface area contributed by atoms with E-state index < -0.39 is 0 Å². The molecule has 0 radical (unpaired) electrons. The van der Waals surface area contributed by atoms with Crippen molar-refractivity contribution >= 4 is 16.3 Å². The van der Waals surface area contributed by atoms with Gasteiger partial charge in [0.1, 0.15) is 16.4 Å². The van der Waals surface area contributed by atoms with Crippen LogP contribution in [0, 0.1) is 6.92 Å². The van der Waals surface area contributed by atoms with Gasteiger partial charge < -0.3 is 19.9 Å². The average Bonchev–Trinajstić information content (AvgIpc) is 2.75. The molecule has 2 rings (SSSR count). The van der Waals surface area contributed by atoms with Gasteiger partial charge in [0.25, 0.3) is 0 Å². The van der Waals surface area contributed by atoms with E-state index in [1.165, 1.54) is 11.3 Å². The largest absolute Gasteiger partial charge is 0.496 e. The fourth-order valence-corrected chi connectivity index (χ4v) is 2.56. The van der Waals surface area contributed by atoms with E-state index in [2.05, 4.69) is 4.98 Å². The summed E-state index contributed by atoms with van der Waals surface area (Å²) in [6.07, 6.45) is 0. The first kappa shape index (κ1) is 13.5. The molecule has 0 spiro atoms. The molecule has 0 saturated carbocycles. The molecule has 0 atom stereocenters. The van der Waals surface area contributed by atoms with E-state index >= 15 is 0 Å². The van der Waals surface area contributed by atoms with Gasteiger partial charge in [-0.05, 0) is 13.0 Å². The van der Waals surface area contributed by atoms with Crippen LogP contribution in [0.5, 0.6) is 17.2 Å². The fraction of sp³-hybridized carbons (Fsp3) is 0.308. The van der Waals surface area contributed by atoms with Gasteiger partial charge in [0.05, 0.1) is 26.3 Å². The number of aryl methyl sites for hydroxylation is 1. The maximum atomic E-state index is 5.99. The van der Waals surface area contributed by atoms with E-state index in [0.29, 0.717) is 27.9 Å². The van der Waals surface area contributed by atoms with Gasteiger partial charge in [-0.15, -0.1) is 11.3 Å². The third-order valence-corrected chi connectivity index (χ3v) is 3.52. The second-order valence-electron chi connectivity index (χ2n) is 3.85. The average molecular weight is 280 g/mol. The highest BCUT2D eigenvalue weighted by Crippen LogP contribution is 2.42. The Kier molecular flexibility index (Phi) is 3.80. The lowest BCUT2D eigenvalue weighted by Crippen LogP contribution is -1.96. The van der Waals surface area contributed by atoms with Gasteiger partial charge >= 0.3 is 0 Å². The van der Waals surface area contributed by atoms with Crippen LogP contribution in [-0.2, 0) is 0 Å². The monoisotopic (exact) mass is 280 g/mol. The number of hydrogen-bond donors (Lipinski definition) is 1. The summed E-state index contributed by atoms with van der Waals surface area (Å²) in [6.45, 7) is 1.91. The summed E-state index contributed by atoms with van der Waals surface area (Å²) in [4.78, 5) is 4.44. The Labute approximate surface area is 115 Å². The van der Waals surface area contributed by atoms with Crippen LogP contribution in [0.2, 0.25) is 0 Å². The van der Waals surface area contributed by atoms with Gasteiger partial charge in [-0.3, -0.25) is 0 Å². The molecule has 19 heavy (non-hydrogen) atoms. The molecule has 2 aromatic rings. The molecule has 1 heterocycles. The molecular formula is C13H16N2O3S. The number of nitrogen functional groups attached to an aromatic ring is 1. The van der Waals surface area contributed by atoms with E-state index in [-0.39, 0.29) is 0 Å². The minimum Gasteiger partial charge on any atom is -0.496 e. The topological polar surface area (TPSA) is 66.6 Å². The molecule has 0 aliphatic heterocycles. The predicted octanol–water partition coefficient (Wildman–Crippen LogP) is 2.73. The zero-order valence-corrected chi connectivity index (χ0v) is 12.1. The number of rotatable bonds is 4. The van der Waals surface area contributed by atoms with Crippen molar-refractivity contribution in [2.45, 2.75) is 6.92 Å². The zero-order valence-electron chi connectivity index (χ0n) is 11.3. The third-order valence-electron chi connectivity index (χ3n) is 2.72. The molecule has 102 valence electrons. The number of thiazole rings is 1. The molecule has 1 aromatic carbocycles. The first-order valence-electron chi connectivity index (χ1n) is 5.64. The van der Waals surface area contributed by atoms with E-state index in [4.69, 9.17) is 19.9 Å². The number of ether oxygens (including phenoxy) is 3. The van der Waals surface area contributed by atoms with Crippen molar-refractivity contribution in [3.8, 4) is 28.5 Å². The molecule has 5 nitrogen and oxygen atoms in total.